The zero-order valence-corrected chi connectivity index (χ0v) is 12.6. The fraction of sp³-hybridized carbons (Fsp3) is 0.462. The predicted octanol–water partition coefficient (Wildman–Crippen LogP) is 0.347. The Labute approximate surface area is 123 Å². The number of nitrogens with two attached hydrogens (primary N) is 1. The van der Waals surface area contributed by atoms with Gasteiger partial charge in [-0.3, -0.25) is 4.79 Å². The molecule has 0 fully saturated rings. The molecule has 1 aliphatic rings. The second-order valence-corrected chi connectivity index (χ2v) is 6.72. The van der Waals surface area contributed by atoms with E-state index in [1.165, 1.54) is 0 Å². The summed E-state index contributed by atoms with van der Waals surface area (Å²) in [5, 5.41) is 10.9. The van der Waals surface area contributed by atoms with Crippen LogP contribution in [0.3, 0.4) is 0 Å². The van der Waals surface area contributed by atoms with E-state index in [1.54, 1.807) is 0 Å². The van der Waals surface area contributed by atoms with Crippen LogP contribution in [0.4, 0.5) is 5.69 Å². The molecule has 1 unspecified atom stereocenters. The maximum atomic E-state index is 11.3. The van der Waals surface area contributed by atoms with Crippen molar-refractivity contribution in [1.82, 2.24) is 5.32 Å². The van der Waals surface area contributed by atoms with Gasteiger partial charge in [-0.15, -0.1) is 0 Å². The molecule has 0 bridgehead atoms. The first-order valence-corrected chi connectivity index (χ1v) is 8.37. The lowest BCUT2D eigenvalue weighted by Gasteiger charge is -2.21. The van der Waals surface area contributed by atoms with Crippen LogP contribution < -0.4 is 20.5 Å². The van der Waals surface area contributed by atoms with E-state index in [1.807, 2.05) is 25.1 Å². The van der Waals surface area contributed by atoms with Crippen LogP contribution in [0.1, 0.15) is 24.9 Å². The average Bonchev–Trinajstić information content (AvgIpc) is 2.41. The second-order valence-electron chi connectivity index (χ2n) is 4.99. The molecule has 0 aromatic heterocycles. The van der Waals surface area contributed by atoms with Gasteiger partial charge in [-0.25, -0.2) is 13.6 Å². The molecule has 0 aliphatic carbocycles. The summed E-state index contributed by atoms with van der Waals surface area (Å²) < 4.78 is 27.0. The number of fused-ring (bicyclic) bond motifs is 1. The monoisotopic (exact) mass is 313 g/mol. The van der Waals surface area contributed by atoms with Gasteiger partial charge in [0.25, 0.3) is 5.91 Å². The molecular weight excluding hydrogens is 294 g/mol. The van der Waals surface area contributed by atoms with Crippen LogP contribution in [0.5, 0.6) is 5.75 Å². The van der Waals surface area contributed by atoms with Crippen LogP contribution in [0.15, 0.2) is 18.2 Å². The normalized spacial score (nSPS) is 15.8. The molecule has 4 N–H and O–H groups in total. The van der Waals surface area contributed by atoms with Crippen LogP contribution in [0, 0.1) is 0 Å². The SMILES string of the molecule is CC(NCCCS(N)(=O)=O)c1ccc2c(c1)NC(=O)CO2. The van der Waals surface area contributed by atoms with Crippen molar-refractivity contribution in [2.24, 2.45) is 5.14 Å². The van der Waals surface area contributed by atoms with Gasteiger partial charge in [0, 0.05) is 6.04 Å². The average molecular weight is 313 g/mol. The largest absolute Gasteiger partial charge is 0.482 e. The molecule has 1 aromatic rings. The van der Waals surface area contributed by atoms with Gasteiger partial charge in [0.2, 0.25) is 10.0 Å². The Morgan fingerprint density at radius 3 is 2.95 bits per heavy atom. The quantitative estimate of drug-likeness (QED) is 0.656. The first-order chi connectivity index (χ1) is 9.85. The van der Waals surface area contributed by atoms with Crippen molar-refractivity contribution in [3.05, 3.63) is 23.8 Å². The van der Waals surface area contributed by atoms with Crippen LogP contribution in [-0.4, -0.2) is 33.2 Å². The third-order valence-electron chi connectivity index (χ3n) is 3.19. The molecule has 1 aromatic carbocycles. The number of amides is 1. The van der Waals surface area contributed by atoms with Crippen molar-refractivity contribution in [1.29, 1.82) is 0 Å². The summed E-state index contributed by atoms with van der Waals surface area (Å²) in [6.45, 7) is 2.54. The highest BCUT2D eigenvalue weighted by molar-refractivity contribution is 7.89. The maximum absolute atomic E-state index is 11.3. The standard InChI is InChI=1S/C13H19N3O4S/c1-9(15-5-2-6-21(14,18)19)10-3-4-12-11(7-10)16-13(17)8-20-12/h3-4,7,9,15H,2,5-6,8H2,1H3,(H,16,17)(H2,14,18,19). The molecule has 1 atom stereocenters. The van der Waals surface area contributed by atoms with Crippen molar-refractivity contribution >= 4 is 21.6 Å². The van der Waals surface area contributed by atoms with Gasteiger partial charge in [-0.1, -0.05) is 6.07 Å². The number of rotatable bonds is 6. The number of anilines is 1. The third kappa shape index (κ3) is 4.69. The Kier molecular flexibility index (Phi) is 4.81. The van der Waals surface area contributed by atoms with Crippen molar-refractivity contribution in [2.45, 2.75) is 19.4 Å². The Hall–Kier alpha value is -1.64. The van der Waals surface area contributed by atoms with E-state index in [2.05, 4.69) is 10.6 Å². The Morgan fingerprint density at radius 2 is 2.24 bits per heavy atom. The second kappa shape index (κ2) is 6.42. The van der Waals surface area contributed by atoms with Crippen molar-refractivity contribution < 1.29 is 17.9 Å². The highest BCUT2D eigenvalue weighted by atomic mass is 32.2. The molecule has 0 saturated heterocycles. The Balaban J connectivity index is 1.92. The summed E-state index contributed by atoms with van der Waals surface area (Å²) in [7, 11) is -3.41. The molecule has 2 rings (SSSR count). The number of carbonyl (C=O) groups is 1. The van der Waals surface area contributed by atoms with Crippen LogP contribution >= 0.6 is 0 Å². The topological polar surface area (TPSA) is 111 Å². The summed E-state index contributed by atoms with van der Waals surface area (Å²) in [5.74, 6) is 0.439. The van der Waals surface area contributed by atoms with Gasteiger partial charge < -0.3 is 15.4 Å². The smallest absolute Gasteiger partial charge is 0.262 e. The van der Waals surface area contributed by atoms with Crippen LogP contribution in [0.2, 0.25) is 0 Å². The minimum atomic E-state index is -3.41. The van der Waals surface area contributed by atoms with Crippen molar-refractivity contribution in [3.63, 3.8) is 0 Å². The Bertz CT molecular complexity index is 630. The Morgan fingerprint density at radius 1 is 1.48 bits per heavy atom. The number of ether oxygens (including phenoxy) is 1. The highest BCUT2D eigenvalue weighted by Gasteiger charge is 2.17. The van der Waals surface area contributed by atoms with Crippen LogP contribution in [0.25, 0.3) is 0 Å². The summed E-state index contributed by atoms with van der Waals surface area (Å²) >= 11 is 0. The number of hydrogen-bond donors (Lipinski definition) is 3. The number of nitrogens with one attached hydrogen (secondary N) is 2. The zero-order chi connectivity index (χ0) is 15.5. The van der Waals surface area contributed by atoms with E-state index in [0.29, 0.717) is 24.4 Å². The lowest BCUT2D eigenvalue weighted by molar-refractivity contribution is -0.118. The molecule has 7 nitrogen and oxygen atoms in total. The summed E-state index contributed by atoms with van der Waals surface area (Å²) in [6.07, 6.45) is 0.452. The van der Waals surface area contributed by atoms with Crippen LogP contribution in [-0.2, 0) is 14.8 Å². The van der Waals surface area contributed by atoms with Crippen molar-refractivity contribution in [3.8, 4) is 5.75 Å². The van der Waals surface area contributed by atoms with Gasteiger partial charge in [0.1, 0.15) is 5.75 Å². The molecule has 8 heteroatoms. The number of primary sulfonamides is 1. The summed E-state index contributed by atoms with van der Waals surface area (Å²) in [4.78, 5) is 11.3. The minimum absolute atomic E-state index is 0.0228. The van der Waals surface area contributed by atoms with E-state index >= 15 is 0 Å². The van der Waals surface area contributed by atoms with Gasteiger partial charge in [0.05, 0.1) is 11.4 Å². The molecule has 1 heterocycles. The number of hydrogen-bond acceptors (Lipinski definition) is 5. The third-order valence-corrected chi connectivity index (χ3v) is 4.05. The van der Waals surface area contributed by atoms with Crippen molar-refractivity contribution in [2.75, 3.05) is 24.2 Å². The summed E-state index contributed by atoms with van der Waals surface area (Å²) in [5.41, 5.74) is 1.64. The van der Waals surface area contributed by atoms with E-state index < -0.39 is 10.0 Å². The fourth-order valence-electron chi connectivity index (χ4n) is 2.08. The molecule has 116 valence electrons. The molecule has 1 amide bonds. The molecule has 1 aliphatic heterocycles. The maximum Gasteiger partial charge on any atom is 0.262 e. The molecular formula is C13H19N3O4S. The van der Waals surface area contributed by atoms with Gasteiger partial charge in [-0.2, -0.15) is 0 Å². The fourth-order valence-corrected chi connectivity index (χ4v) is 2.63. The predicted molar refractivity (Wildman–Crippen MR) is 79.6 cm³/mol. The van der Waals surface area contributed by atoms with E-state index in [0.717, 1.165) is 5.56 Å². The van der Waals surface area contributed by atoms with E-state index in [-0.39, 0.29) is 24.3 Å². The lowest BCUT2D eigenvalue weighted by atomic mass is 10.1. The van der Waals surface area contributed by atoms with E-state index in [4.69, 9.17) is 9.88 Å². The van der Waals surface area contributed by atoms with Gasteiger partial charge in [0.15, 0.2) is 6.61 Å². The van der Waals surface area contributed by atoms with E-state index in [9.17, 15) is 13.2 Å². The zero-order valence-electron chi connectivity index (χ0n) is 11.8. The number of benzene rings is 1. The highest BCUT2D eigenvalue weighted by Crippen LogP contribution is 2.30. The number of sulfonamides is 1. The first-order valence-electron chi connectivity index (χ1n) is 6.65. The molecule has 0 radical (unpaired) electrons. The van der Waals surface area contributed by atoms with Gasteiger partial charge in [-0.05, 0) is 37.6 Å². The minimum Gasteiger partial charge on any atom is -0.482 e. The number of carbonyl (C=O) groups excluding carboxylic acids is 1. The molecule has 0 saturated carbocycles. The first kappa shape index (κ1) is 15.7. The van der Waals surface area contributed by atoms with Gasteiger partial charge >= 0.3 is 0 Å². The summed E-state index contributed by atoms with van der Waals surface area (Å²) in [6, 6.07) is 5.60. The lowest BCUT2D eigenvalue weighted by Crippen LogP contribution is -2.26. The molecule has 21 heavy (non-hydrogen) atoms. The molecule has 0 spiro atoms.